The summed E-state index contributed by atoms with van der Waals surface area (Å²) in [6.45, 7) is 0. The number of nitrogens with one attached hydrogen (secondary N) is 1. The van der Waals surface area contributed by atoms with E-state index in [0.717, 1.165) is 0 Å². The predicted molar refractivity (Wildman–Crippen MR) is 49.1 cm³/mol. The third-order valence-electron chi connectivity index (χ3n) is 1.03. The number of hydrogen-bond donors (Lipinski definition) is 2. The fraction of sp³-hybridized carbons (Fsp3) is 0.600. The van der Waals surface area contributed by atoms with Crippen LogP contribution in [0.15, 0.2) is 0 Å². The second kappa shape index (κ2) is 6.08. The van der Waals surface area contributed by atoms with Gasteiger partial charge in [-0.05, 0) is 6.26 Å². The van der Waals surface area contributed by atoms with E-state index in [2.05, 4.69) is 9.84 Å². The van der Waals surface area contributed by atoms with Crippen LogP contribution in [0.25, 0.3) is 0 Å². The van der Waals surface area contributed by atoms with Gasteiger partial charge in [-0.2, -0.15) is 11.8 Å². The Balaban J connectivity index is 3.95. The first kappa shape index (κ1) is 11.5. The standard InChI is InChI=1S/C5H10NO4PS/c1-12-2-3(4(7)8)6-5(9)10-11/h3H,2,11H2,1H3,(H,6,9)(H,7,8)/t3-/m0/s1. The van der Waals surface area contributed by atoms with Crippen molar-refractivity contribution in [2.45, 2.75) is 6.04 Å². The van der Waals surface area contributed by atoms with Gasteiger partial charge in [0.15, 0.2) is 0 Å². The highest BCUT2D eigenvalue weighted by molar-refractivity contribution is 7.98. The van der Waals surface area contributed by atoms with Gasteiger partial charge >= 0.3 is 12.1 Å². The van der Waals surface area contributed by atoms with E-state index in [0.29, 0.717) is 5.75 Å². The molecule has 12 heavy (non-hydrogen) atoms. The summed E-state index contributed by atoms with van der Waals surface area (Å²) in [5.41, 5.74) is 0. The van der Waals surface area contributed by atoms with E-state index in [1.54, 1.807) is 15.7 Å². The molecular weight excluding hydrogens is 201 g/mol. The number of carbonyl (C=O) groups is 2. The molecule has 0 aromatic heterocycles. The minimum absolute atomic E-state index is 0.315. The van der Waals surface area contributed by atoms with E-state index >= 15 is 0 Å². The zero-order valence-electron chi connectivity index (χ0n) is 6.44. The zero-order chi connectivity index (χ0) is 9.56. The van der Waals surface area contributed by atoms with Crippen LogP contribution in [0.3, 0.4) is 0 Å². The maximum Gasteiger partial charge on any atom is 0.410 e. The molecule has 70 valence electrons. The Kier molecular flexibility index (Phi) is 5.84. The molecule has 0 heterocycles. The molecule has 0 aliphatic carbocycles. The molecule has 0 radical (unpaired) electrons. The molecule has 0 rings (SSSR count). The Labute approximate surface area is 76.5 Å². The Bertz CT molecular complexity index is 175. The van der Waals surface area contributed by atoms with Crippen molar-refractivity contribution in [3.63, 3.8) is 0 Å². The quantitative estimate of drug-likeness (QED) is 0.655. The highest BCUT2D eigenvalue weighted by Gasteiger charge is 2.18. The fourth-order valence-electron chi connectivity index (χ4n) is 0.518. The molecule has 0 aromatic rings. The van der Waals surface area contributed by atoms with Crippen molar-refractivity contribution in [1.29, 1.82) is 0 Å². The maximum absolute atomic E-state index is 10.6. The van der Waals surface area contributed by atoms with Crippen molar-refractivity contribution in [2.75, 3.05) is 12.0 Å². The maximum atomic E-state index is 10.6. The van der Waals surface area contributed by atoms with E-state index in [4.69, 9.17) is 5.11 Å². The molecule has 7 heteroatoms. The molecular formula is C5H10NO4PS. The first-order chi connectivity index (χ1) is 5.61. The SMILES string of the molecule is CSC[C@H](NC(=O)OP)C(=O)O. The smallest absolute Gasteiger partial charge is 0.410 e. The number of amides is 1. The molecule has 0 saturated heterocycles. The van der Waals surface area contributed by atoms with E-state index in [9.17, 15) is 9.59 Å². The van der Waals surface area contributed by atoms with Crippen LogP contribution in [0.4, 0.5) is 4.79 Å². The fourth-order valence-corrected chi connectivity index (χ4v) is 1.14. The van der Waals surface area contributed by atoms with Gasteiger partial charge in [0.25, 0.3) is 0 Å². The molecule has 0 spiro atoms. The summed E-state index contributed by atoms with van der Waals surface area (Å²) in [6, 6.07) is -0.895. The van der Waals surface area contributed by atoms with Crippen molar-refractivity contribution in [3.8, 4) is 0 Å². The average Bonchev–Trinajstić information content (AvgIpc) is 2.03. The summed E-state index contributed by atoms with van der Waals surface area (Å²) in [5, 5.41) is 10.7. The van der Waals surface area contributed by atoms with Crippen molar-refractivity contribution in [1.82, 2.24) is 5.32 Å². The van der Waals surface area contributed by atoms with Crippen LogP contribution in [0.5, 0.6) is 0 Å². The summed E-state index contributed by atoms with van der Waals surface area (Å²) >= 11 is 1.33. The van der Waals surface area contributed by atoms with Gasteiger partial charge in [0.2, 0.25) is 0 Å². The topological polar surface area (TPSA) is 75.6 Å². The molecule has 0 aliphatic rings. The van der Waals surface area contributed by atoms with E-state index in [1.165, 1.54) is 11.8 Å². The number of carbonyl (C=O) groups excluding carboxylic acids is 1. The van der Waals surface area contributed by atoms with Gasteiger partial charge in [-0.1, -0.05) is 0 Å². The van der Waals surface area contributed by atoms with Gasteiger partial charge in [-0.25, -0.2) is 9.59 Å². The van der Waals surface area contributed by atoms with Gasteiger partial charge < -0.3 is 14.9 Å². The second-order valence-corrected chi connectivity index (χ2v) is 3.04. The molecule has 0 bridgehead atoms. The van der Waals surface area contributed by atoms with Crippen molar-refractivity contribution in [3.05, 3.63) is 0 Å². The van der Waals surface area contributed by atoms with Gasteiger partial charge in [-0.3, -0.25) is 0 Å². The molecule has 0 aliphatic heterocycles. The number of carboxylic acid groups (broad SMARTS) is 1. The minimum atomic E-state index is -1.07. The number of thioether (sulfide) groups is 1. The Morgan fingerprint density at radius 2 is 2.33 bits per heavy atom. The molecule has 0 fully saturated rings. The normalized spacial score (nSPS) is 11.8. The van der Waals surface area contributed by atoms with Crippen molar-refractivity contribution < 1.29 is 19.2 Å². The highest BCUT2D eigenvalue weighted by atomic mass is 32.2. The highest BCUT2D eigenvalue weighted by Crippen LogP contribution is 1.98. The summed E-state index contributed by atoms with van der Waals surface area (Å²) in [5.74, 6) is -0.755. The number of carboxylic acids is 1. The van der Waals surface area contributed by atoms with Gasteiger partial charge in [-0.15, -0.1) is 0 Å². The number of aliphatic carboxylic acids is 1. The average molecular weight is 211 g/mol. The lowest BCUT2D eigenvalue weighted by Gasteiger charge is -2.11. The Morgan fingerprint density at radius 3 is 2.67 bits per heavy atom. The third-order valence-corrected chi connectivity index (χ3v) is 1.91. The van der Waals surface area contributed by atoms with Gasteiger partial charge in [0.1, 0.15) is 6.04 Å². The molecule has 5 nitrogen and oxygen atoms in total. The van der Waals surface area contributed by atoms with Crippen LogP contribution in [-0.4, -0.2) is 35.2 Å². The van der Waals surface area contributed by atoms with Gasteiger partial charge in [0, 0.05) is 5.75 Å². The summed E-state index contributed by atoms with van der Waals surface area (Å²) in [6.07, 6.45) is 0.991. The molecule has 0 saturated carbocycles. The predicted octanol–water partition coefficient (Wildman–Crippen LogP) is 0.319. The van der Waals surface area contributed by atoms with E-state index in [-0.39, 0.29) is 0 Å². The van der Waals surface area contributed by atoms with Crippen LogP contribution in [0.2, 0.25) is 0 Å². The molecule has 2 atom stereocenters. The van der Waals surface area contributed by atoms with E-state index in [1.807, 2.05) is 0 Å². The summed E-state index contributed by atoms with van der Waals surface area (Å²) < 4.78 is 4.17. The number of rotatable bonds is 4. The van der Waals surface area contributed by atoms with E-state index < -0.39 is 18.1 Å². The lowest BCUT2D eigenvalue weighted by Crippen LogP contribution is -2.41. The van der Waals surface area contributed by atoms with Crippen LogP contribution in [-0.2, 0) is 9.32 Å². The lowest BCUT2D eigenvalue weighted by atomic mass is 10.3. The minimum Gasteiger partial charge on any atom is -0.480 e. The molecule has 2 N–H and O–H groups in total. The first-order valence-corrected chi connectivity index (χ1v) is 4.87. The third kappa shape index (κ3) is 4.41. The zero-order valence-corrected chi connectivity index (χ0v) is 8.41. The van der Waals surface area contributed by atoms with Crippen molar-refractivity contribution >= 4 is 33.3 Å². The lowest BCUT2D eigenvalue weighted by molar-refractivity contribution is -0.138. The van der Waals surface area contributed by atoms with Crippen LogP contribution >= 0.6 is 21.2 Å². The van der Waals surface area contributed by atoms with Crippen LogP contribution < -0.4 is 5.32 Å². The monoisotopic (exact) mass is 211 g/mol. The second-order valence-electron chi connectivity index (χ2n) is 1.90. The molecule has 1 unspecified atom stereocenters. The molecule has 1 amide bonds. The summed E-state index contributed by atoms with van der Waals surface area (Å²) in [4.78, 5) is 21.0. The number of hydrogen-bond acceptors (Lipinski definition) is 4. The largest absolute Gasteiger partial charge is 0.480 e. The van der Waals surface area contributed by atoms with Crippen molar-refractivity contribution in [2.24, 2.45) is 0 Å². The summed E-state index contributed by atoms with van der Waals surface area (Å²) in [7, 11) is 1.74. The molecule has 0 aromatic carbocycles. The Morgan fingerprint density at radius 1 is 1.75 bits per heavy atom. The van der Waals surface area contributed by atoms with Crippen LogP contribution in [0.1, 0.15) is 0 Å². The van der Waals surface area contributed by atoms with Crippen LogP contribution in [0, 0.1) is 0 Å². The Hall–Kier alpha value is -0.480. The van der Waals surface area contributed by atoms with Gasteiger partial charge in [0.05, 0.1) is 9.47 Å². The first-order valence-electron chi connectivity index (χ1n) is 3.00.